The fourth-order valence-electron chi connectivity index (χ4n) is 1.49. The van der Waals surface area contributed by atoms with E-state index >= 15 is 0 Å². The summed E-state index contributed by atoms with van der Waals surface area (Å²) < 4.78 is 15.2. The van der Waals surface area contributed by atoms with Gasteiger partial charge in [0.1, 0.15) is 5.82 Å². The Morgan fingerprint density at radius 2 is 2.27 bits per heavy atom. The van der Waals surface area contributed by atoms with Crippen LogP contribution in [0, 0.1) is 5.82 Å². The van der Waals surface area contributed by atoms with Crippen molar-refractivity contribution in [2.45, 2.75) is 0 Å². The molecule has 0 amide bonds. The third-order valence-corrected chi connectivity index (χ3v) is 2.51. The zero-order valence-corrected chi connectivity index (χ0v) is 9.25. The average Bonchev–Trinajstić information content (AvgIpc) is 2.40. The summed E-state index contributed by atoms with van der Waals surface area (Å²) in [6, 6.07) is 2.79. The lowest BCUT2D eigenvalue weighted by molar-refractivity contribution is 0.0687. The zero-order valence-electron chi connectivity index (χ0n) is 7.66. The lowest BCUT2D eigenvalue weighted by Gasteiger charge is -1.96. The number of hydrogen-bond donors (Lipinski definition) is 1. The molecule has 4 nitrogen and oxygen atoms in total. The molecular formula is C9H6BrFN2O2. The minimum absolute atomic E-state index is 0.0354. The number of carboxylic acid groups (broad SMARTS) is 1. The number of carbonyl (C=O) groups is 1. The normalized spacial score (nSPS) is 10.9. The van der Waals surface area contributed by atoms with Crippen LogP contribution in [0.2, 0.25) is 0 Å². The number of rotatable bonds is 1. The lowest BCUT2D eigenvalue weighted by Crippen LogP contribution is -2.05. The first-order valence-corrected chi connectivity index (χ1v) is 4.85. The van der Waals surface area contributed by atoms with Crippen molar-refractivity contribution in [3.8, 4) is 0 Å². The van der Waals surface area contributed by atoms with Crippen LogP contribution in [0.5, 0.6) is 0 Å². The predicted octanol–water partition coefficient (Wildman–Crippen LogP) is 2.17. The minimum atomic E-state index is -1.19. The van der Waals surface area contributed by atoms with Crippen molar-refractivity contribution in [2.24, 2.45) is 7.05 Å². The second-order valence-corrected chi connectivity index (χ2v) is 3.97. The van der Waals surface area contributed by atoms with Gasteiger partial charge in [-0.3, -0.25) is 4.68 Å². The molecule has 1 N–H and O–H groups in total. The topological polar surface area (TPSA) is 55.1 Å². The van der Waals surface area contributed by atoms with E-state index in [1.54, 1.807) is 6.07 Å². The molecule has 1 aromatic carbocycles. The zero-order chi connectivity index (χ0) is 11.2. The number of nitrogens with zero attached hydrogens (tertiary/aromatic N) is 2. The molecule has 1 aromatic heterocycles. The van der Waals surface area contributed by atoms with Crippen molar-refractivity contribution >= 4 is 32.8 Å². The molecule has 0 spiro atoms. The van der Waals surface area contributed by atoms with Crippen LogP contribution in [0.15, 0.2) is 16.6 Å². The van der Waals surface area contributed by atoms with Gasteiger partial charge < -0.3 is 5.11 Å². The van der Waals surface area contributed by atoms with Gasteiger partial charge in [-0.25, -0.2) is 9.18 Å². The summed E-state index contributed by atoms with van der Waals surface area (Å²) in [6.45, 7) is 0. The molecule has 0 aliphatic heterocycles. The molecule has 6 heteroatoms. The van der Waals surface area contributed by atoms with Crippen molar-refractivity contribution < 1.29 is 14.3 Å². The Kier molecular flexibility index (Phi) is 2.22. The first kappa shape index (κ1) is 10.1. The fraction of sp³-hybridized carbons (Fsp3) is 0.111. The van der Waals surface area contributed by atoms with E-state index in [0.717, 1.165) is 4.68 Å². The highest BCUT2D eigenvalue weighted by Gasteiger charge is 2.19. The van der Waals surface area contributed by atoms with E-state index in [4.69, 9.17) is 5.11 Å². The van der Waals surface area contributed by atoms with Gasteiger partial charge in [-0.05, 0) is 12.1 Å². The molecule has 0 unspecified atom stereocenters. The van der Waals surface area contributed by atoms with Crippen LogP contribution in [0.25, 0.3) is 10.9 Å². The molecule has 78 valence electrons. The Bertz CT molecular complexity index is 565. The minimum Gasteiger partial charge on any atom is -0.477 e. The molecule has 0 saturated heterocycles. The number of aryl methyl sites for hydroxylation is 1. The Labute approximate surface area is 92.4 Å². The molecular weight excluding hydrogens is 267 g/mol. The fourth-order valence-corrected chi connectivity index (χ4v) is 1.91. The molecule has 2 rings (SSSR count). The van der Waals surface area contributed by atoms with Gasteiger partial charge in [0.15, 0.2) is 5.69 Å². The van der Waals surface area contributed by atoms with Gasteiger partial charge in [0.05, 0.1) is 10.9 Å². The maximum atomic E-state index is 13.5. The van der Waals surface area contributed by atoms with E-state index in [1.165, 1.54) is 13.1 Å². The molecule has 0 saturated carbocycles. The van der Waals surface area contributed by atoms with E-state index in [-0.39, 0.29) is 11.1 Å². The van der Waals surface area contributed by atoms with E-state index in [2.05, 4.69) is 21.0 Å². The smallest absolute Gasteiger partial charge is 0.354 e. The van der Waals surface area contributed by atoms with Crippen LogP contribution in [0.1, 0.15) is 10.5 Å². The van der Waals surface area contributed by atoms with Gasteiger partial charge in [0.2, 0.25) is 0 Å². The van der Waals surface area contributed by atoms with Gasteiger partial charge in [0, 0.05) is 11.5 Å². The highest BCUT2D eigenvalue weighted by Crippen LogP contribution is 2.25. The maximum absolute atomic E-state index is 13.5. The van der Waals surface area contributed by atoms with Crippen LogP contribution in [0.4, 0.5) is 4.39 Å². The van der Waals surface area contributed by atoms with Gasteiger partial charge in [0.25, 0.3) is 0 Å². The molecule has 0 radical (unpaired) electrons. The summed E-state index contributed by atoms with van der Waals surface area (Å²) in [7, 11) is 1.47. The monoisotopic (exact) mass is 272 g/mol. The first-order chi connectivity index (χ1) is 7.00. The quantitative estimate of drug-likeness (QED) is 0.866. The number of hydrogen-bond acceptors (Lipinski definition) is 2. The summed E-state index contributed by atoms with van der Waals surface area (Å²) in [5.74, 6) is -1.79. The van der Waals surface area contributed by atoms with Gasteiger partial charge in [-0.1, -0.05) is 15.9 Å². The second-order valence-electron chi connectivity index (χ2n) is 3.06. The number of aromatic nitrogens is 2. The van der Waals surface area contributed by atoms with Crippen molar-refractivity contribution in [2.75, 3.05) is 0 Å². The van der Waals surface area contributed by atoms with Crippen LogP contribution in [0.3, 0.4) is 0 Å². The summed E-state index contributed by atoms with van der Waals surface area (Å²) in [5.41, 5.74) is 0.178. The van der Waals surface area contributed by atoms with Crippen LogP contribution in [-0.4, -0.2) is 20.9 Å². The van der Waals surface area contributed by atoms with Crippen LogP contribution < -0.4 is 0 Å². The summed E-state index contributed by atoms with van der Waals surface area (Å²) in [4.78, 5) is 10.9. The third kappa shape index (κ3) is 1.50. The van der Waals surface area contributed by atoms with Crippen molar-refractivity contribution in [3.63, 3.8) is 0 Å². The highest BCUT2D eigenvalue weighted by molar-refractivity contribution is 9.10. The summed E-state index contributed by atoms with van der Waals surface area (Å²) in [5, 5.41) is 12.9. The first-order valence-electron chi connectivity index (χ1n) is 4.05. The summed E-state index contributed by atoms with van der Waals surface area (Å²) in [6.07, 6.45) is 0. The molecule has 2 aromatic rings. The van der Waals surface area contributed by atoms with Crippen molar-refractivity contribution in [3.05, 3.63) is 28.1 Å². The standard InChI is InChI=1S/C9H6BrFN2O2/c1-13-8(9(14)15)7-5(11)2-4(10)3-6(7)12-13/h2-3H,1H3,(H,14,15). The Balaban J connectivity index is 2.93. The molecule has 0 fully saturated rings. The Morgan fingerprint density at radius 3 is 2.87 bits per heavy atom. The molecule has 1 heterocycles. The van der Waals surface area contributed by atoms with E-state index in [1.807, 2.05) is 0 Å². The third-order valence-electron chi connectivity index (χ3n) is 2.05. The van der Waals surface area contributed by atoms with Gasteiger partial charge >= 0.3 is 5.97 Å². The molecule has 0 atom stereocenters. The summed E-state index contributed by atoms with van der Waals surface area (Å²) >= 11 is 3.12. The number of aromatic carboxylic acids is 1. The Morgan fingerprint density at radius 1 is 1.60 bits per heavy atom. The Hall–Kier alpha value is -1.43. The SMILES string of the molecule is Cn1nc2cc(Br)cc(F)c2c1C(=O)O. The highest BCUT2D eigenvalue weighted by atomic mass is 79.9. The number of fused-ring (bicyclic) bond motifs is 1. The van der Waals surface area contributed by atoms with E-state index in [9.17, 15) is 9.18 Å². The lowest BCUT2D eigenvalue weighted by atomic mass is 10.2. The largest absolute Gasteiger partial charge is 0.477 e. The predicted molar refractivity (Wildman–Crippen MR) is 55.3 cm³/mol. The van der Waals surface area contributed by atoms with E-state index < -0.39 is 11.8 Å². The van der Waals surface area contributed by atoms with Crippen LogP contribution in [-0.2, 0) is 7.05 Å². The molecule has 0 aliphatic rings. The maximum Gasteiger partial charge on any atom is 0.354 e. The van der Waals surface area contributed by atoms with Gasteiger partial charge in [-0.15, -0.1) is 0 Å². The average molecular weight is 273 g/mol. The van der Waals surface area contributed by atoms with Gasteiger partial charge in [-0.2, -0.15) is 5.10 Å². The number of halogens is 2. The van der Waals surface area contributed by atoms with Crippen molar-refractivity contribution in [1.29, 1.82) is 0 Å². The molecule has 0 aliphatic carbocycles. The molecule has 0 bridgehead atoms. The van der Waals surface area contributed by atoms with Crippen LogP contribution >= 0.6 is 15.9 Å². The van der Waals surface area contributed by atoms with Crippen molar-refractivity contribution in [1.82, 2.24) is 9.78 Å². The number of carboxylic acids is 1. The second kappa shape index (κ2) is 3.30. The molecule has 15 heavy (non-hydrogen) atoms. The number of benzene rings is 1. The van der Waals surface area contributed by atoms with E-state index in [0.29, 0.717) is 9.99 Å².